The van der Waals surface area contributed by atoms with Gasteiger partial charge in [0, 0.05) is 26.2 Å². The molecule has 76 valence electrons. The maximum absolute atomic E-state index is 3.44. The molecule has 0 radical (unpaired) electrons. The normalized spacial score (nSPS) is 18.8. The van der Waals surface area contributed by atoms with Crippen molar-refractivity contribution < 1.29 is 0 Å². The molecule has 0 fully saturated rings. The highest BCUT2D eigenvalue weighted by molar-refractivity contribution is 5.04. The zero-order valence-corrected chi connectivity index (χ0v) is 8.97. The van der Waals surface area contributed by atoms with Gasteiger partial charge in [0.1, 0.15) is 0 Å². The molecule has 1 rings (SSSR count). The Balaban J connectivity index is 2.05. The molecular formula is C11H22N2. The van der Waals surface area contributed by atoms with Crippen LogP contribution in [0.15, 0.2) is 11.6 Å². The average molecular weight is 182 g/mol. The van der Waals surface area contributed by atoms with Crippen LogP contribution in [-0.4, -0.2) is 37.6 Å². The van der Waals surface area contributed by atoms with Gasteiger partial charge in [0.15, 0.2) is 0 Å². The van der Waals surface area contributed by atoms with Crippen LogP contribution in [0.1, 0.15) is 26.7 Å². The Morgan fingerprint density at radius 2 is 2.31 bits per heavy atom. The van der Waals surface area contributed by atoms with E-state index in [2.05, 4.69) is 30.1 Å². The fraction of sp³-hybridized carbons (Fsp3) is 0.818. The summed E-state index contributed by atoms with van der Waals surface area (Å²) in [6.45, 7) is 10.3. The summed E-state index contributed by atoms with van der Waals surface area (Å²) < 4.78 is 0. The van der Waals surface area contributed by atoms with E-state index in [1.165, 1.54) is 38.0 Å². The van der Waals surface area contributed by atoms with Gasteiger partial charge in [0.05, 0.1) is 0 Å². The summed E-state index contributed by atoms with van der Waals surface area (Å²) in [6, 6.07) is 0. The van der Waals surface area contributed by atoms with Crippen molar-refractivity contribution in [2.45, 2.75) is 26.7 Å². The van der Waals surface area contributed by atoms with E-state index in [0.29, 0.717) is 0 Å². The third-order valence-electron chi connectivity index (χ3n) is 2.44. The molecule has 0 aromatic carbocycles. The minimum Gasteiger partial charge on any atom is -0.315 e. The highest BCUT2D eigenvalue weighted by atomic mass is 15.1. The van der Waals surface area contributed by atoms with Crippen LogP contribution in [0.2, 0.25) is 0 Å². The van der Waals surface area contributed by atoms with Gasteiger partial charge in [0.2, 0.25) is 0 Å². The van der Waals surface area contributed by atoms with Crippen LogP contribution in [0.3, 0.4) is 0 Å². The van der Waals surface area contributed by atoms with Gasteiger partial charge in [-0.25, -0.2) is 0 Å². The second-order valence-corrected chi connectivity index (χ2v) is 3.87. The van der Waals surface area contributed by atoms with Gasteiger partial charge >= 0.3 is 0 Å². The smallest absolute Gasteiger partial charge is 0.0190 e. The molecule has 0 spiro atoms. The lowest BCUT2D eigenvalue weighted by atomic mass is 10.1. The minimum atomic E-state index is 1.14. The van der Waals surface area contributed by atoms with Crippen LogP contribution in [0.25, 0.3) is 0 Å². The Labute approximate surface area is 82.0 Å². The molecule has 1 aliphatic heterocycles. The lowest BCUT2D eigenvalue weighted by Crippen LogP contribution is -2.35. The molecule has 13 heavy (non-hydrogen) atoms. The van der Waals surface area contributed by atoms with Crippen molar-refractivity contribution in [2.24, 2.45) is 0 Å². The summed E-state index contributed by atoms with van der Waals surface area (Å²) in [5, 5.41) is 3.44. The van der Waals surface area contributed by atoms with Crippen LogP contribution in [0.5, 0.6) is 0 Å². The van der Waals surface area contributed by atoms with Crippen LogP contribution in [-0.2, 0) is 0 Å². The molecule has 0 unspecified atom stereocenters. The van der Waals surface area contributed by atoms with Crippen molar-refractivity contribution in [1.29, 1.82) is 0 Å². The lowest BCUT2D eigenvalue weighted by molar-refractivity contribution is 0.289. The third-order valence-corrected chi connectivity index (χ3v) is 2.44. The van der Waals surface area contributed by atoms with E-state index in [1.807, 2.05) is 0 Å². The van der Waals surface area contributed by atoms with E-state index in [9.17, 15) is 0 Å². The summed E-state index contributed by atoms with van der Waals surface area (Å²) in [7, 11) is 0. The van der Waals surface area contributed by atoms with Crippen molar-refractivity contribution in [1.82, 2.24) is 10.2 Å². The monoisotopic (exact) mass is 182 g/mol. The second-order valence-electron chi connectivity index (χ2n) is 3.87. The van der Waals surface area contributed by atoms with Crippen molar-refractivity contribution in [2.75, 3.05) is 32.7 Å². The lowest BCUT2D eigenvalue weighted by Gasteiger charge is -2.25. The van der Waals surface area contributed by atoms with Gasteiger partial charge in [-0.05, 0) is 26.3 Å². The Morgan fingerprint density at radius 1 is 1.46 bits per heavy atom. The molecule has 1 N–H and O–H groups in total. The topological polar surface area (TPSA) is 15.3 Å². The van der Waals surface area contributed by atoms with E-state index in [1.54, 1.807) is 0 Å². The van der Waals surface area contributed by atoms with Crippen LogP contribution >= 0.6 is 0 Å². The Hall–Kier alpha value is -0.340. The van der Waals surface area contributed by atoms with Crippen molar-refractivity contribution in [3.8, 4) is 0 Å². The molecule has 2 heteroatoms. The molecule has 0 saturated heterocycles. The van der Waals surface area contributed by atoms with Gasteiger partial charge in [-0.2, -0.15) is 0 Å². The zero-order valence-electron chi connectivity index (χ0n) is 8.97. The minimum absolute atomic E-state index is 1.14. The van der Waals surface area contributed by atoms with Crippen LogP contribution in [0, 0.1) is 0 Å². The van der Waals surface area contributed by atoms with Crippen LogP contribution < -0.4 is 5.32 Å². The first-order chi connectivity index (χ1) is 6.33. The molecule has 1 aliphatic rings. The summed E-state index contributed by atoms with van der Waals surface area (Å²) in [5.41, 5.74) is 1.53. The van der Waals surface area contributed by atoms with Gasteiger partial charge in [-0.3, -0.25) is 4.90 Å². The predicted octanol–water partition coefficient (Wildman–Crippen LogP) is 1.64. The van der Waals surface area contributed by atoms with Gasteiger partial charge in [-0.1, -0.05) is 18.6 Å². The maximum Gasteiger partial charge on any atom is 0.0190 e. The number of hydrogen-bond acceptors (Lipinski definition) is 2. The number of rotatable bonds is 5. The van der Waals surface area contributed by atoms with Gasteiger partial charge in [0.25, 0.3) is 0 Å². The van der Waals surface area contributed by atoms with Crippen molar-refractivity contribution in [3.05, 3.63) is 11.6 Å². The van der Waals surface area contributed by atoms with Crippen LogP contribution in [0.4, 0.5) is 0 Å². The first kappa shape index (κ1) is 10.7. The predicted molar refractivity (Wildman–Crippen MR) is 58.0 cm³/mol. The molecule has 0 bridgehead atoms. The molecular weight excluding hydrogens is 160 g/mol. The number of hydrogen-bond donors (Lipinski definition) is 1. The molecule has 0 aromatic heterocycles. The highest BCUT2D eigenvalue weighted by Crippen LogP contribution is 2.07. The SMILES string of the molecule is CCCNCCN1CCC=C(C)C1. The summed E-state index contributed by atoms with van der Waals surface area (Å²) in [6.07, 6.45) is 4.83. The highest BCUT2D eigenvalue weighted by Gasteiger charge is 2.08. The molecule has 0 amide bonds. The fourth-order valence-corrected chi connectivity index (χ4v) is 1.72. The molecule has 0 saturated carbocycles. The molecule has 2 nitrogen and oxygen atoms in total. The largest absolute Gasteiger partial charge is 0.315 e. The van der Waals surface area contributed by atoms with Crippen molar-refractivity contribution >= 4 is 0 Å². The quantitative estimate of drug-likeness (QED) is 0.513. The fourth-order valence-electron chi connectivity index (χ4n) is 1.72. The zero-order chi connectivity index (χ0) is 9.52. The first-order valence-corrected chi connectivity index (χ1v) is 5.41. The van der Waals surface area contributed by atoms with E-state index in [4.69, 9.17) is 0 Å². The van der Waals surface area contributed by atoms with E-state index in [-0.39, 0.29) is 0 Å². The Kier molecular flexibility index (Phi) is 5.09. The second kappa shape index (κ2) is 6.17. The molecule has 0 atom stereocenters. The third kappa shape index (κ3) is 4.44. The standard InChI is InChI=1S/C11H22N2/c1-3-6-12-7-9-13-8-4-5-11(2)10-13/h5,12H,3-4,6-10H2,1-2H3. The number of nitrogens with one attached hydrogen (secondary N) is 1. The average Bonchev–Trinajstić information content (AvgIpc) is 2.13. The maximum atomic E-state index is 3.44. The van der Waals surface area contributed by atoms with E-state index >= 15 is 0 Å². The van der Waals surface area contributed by atoms with E-state index in [0.717, 1.165) is 13.1 Å². The summed E-state index contributed by atoms with van der Waals surface area (Å²) in [5.74, 6) is 0. The Bertz CT molecular complexity index is 163. The molecule has 0 aliphatic carbocycles. The van der Waals surface area contributed by atoms with Crippen molar-refractivity contribution in [3.63, 3.8) is 0 Å². The first-order valence-electron chi connectivity index (χ1n) is 5.41. The summed E-state index contributed by atoms with van der Waals surface area (Å²) >= 11 is 0. The Morgan fingerprint density at radius 3 is 3.00 bits per heavy atom. The van der Waals surface area contributed by atoms with Gasteiger partial charge in [-0.15, -0.1) is 0 Å². The summed E-state index contributed by atoms with van der Waals surface area (Å²) in [4.78, 5) is 2.53. The molecule has 0 aromatic rings. The number of nitrogens with zero attached hydrogens (tertiary/aromatic N) is 1. The van der Waals surface area contributed by atoms with Gasteiger partial charge < -0.3 is 5.32 Å². The van der Waals surface area contributed by atoms with E-state index < -0.39 is 0 Å². The molecule has 1 heterocycles.